The molecule has 0 spiro atoms. The summed E-state index contributed by atoms with van der Waals surface area (Å²) in [6.07, 6.45) is -0.0236. The van der Waals surface area contributed by atoms with Gasteiger partial charge in [0.25, 0.3) is 0 Å². The van der Waals surface area contributed by atoms with Crippen LogP contribution in [0.4, 0.5) is 0 Å². The van der Waals surface area contributed by atoms with Crippen molar-refractivity contribution in [1.82, 2.24) is 4.31 Å². The van der Waals surface area contributed by atoms with E-state index in [1.807, 2.05) is 6.07 Å². The number of carboxylic acid groups (broad SMARTS) is 1. The Morgan fingerprint density at radius 3 is 2.74 bits per heavy atom. The van der Waals surface area contributed by atoms with E-state index in [9.17, 15) is 13.2 Å². The van der Waals surface area contributed by atoms with Gasteiger partial charge in [-0.25, -0.2) is 8.42 Å². The highest BCUT2D eigenvalue weighted by molar-refractivity contribution is 7.89. The van der Waals surface area contributed by atoms with Crippen molar-refractivity contribution < 1.29 is 18.3 Å². The number of rotatable bonds is 4. The van der Waals surface area contributed by atoms with Crippen molar-refractivity contribution in [3.05, 3.63) is 29.8 Å². The zero-order valence-corrected chi connectivity index (χ0v) is 10.8. The average Bonchev–Trinajstić information content (AvgIpc) is 2.33. The zero-order valence-electron chi connectivity index (χ0n) is 9.98. The Morgan fingerprint density at radius 2 is 2.16 bits per heavy atom. The van der Waals surface area contributed by atoms with Gasteiger partial charge in [0, 0.05) is 13.1 Å². The molecule has 1 fully saturated rings. The van der Waals surface area contributed by atoms with Crippen molar-refractivity contribution in [3.63, 3.8) is 0 Å². The molecule has 6 nitrogen and oxygen atoms in total. The molecule has 1 saturated heterocycles. The summed E-state index contributed by atoms with van der Waals surface area (Å²) in [5.41, 5.74) is 0.281. The van der Waals surface area contributed by atoms with Gasteiger partial charge in [0.05, 0.1) is 22.9 Å². The van der Waals surface area contributed by atoms with Gasteiger partial charge in [-0.15, -0.1) is 0 Å². The first-order chi connectivity index (χ1) is 8.93. The molecule has 0 amide bonds. The van der Waals surface area contributed by atoms with Gasteiger partial charge in [-0.3, -0.25) is 4.79 Å². The number of hydrogen-bond acceptors (Lipinski definition) is 4. The van der Waals surface area contributed by atoms with Gasteiger partial charge in [-0.2, -0.15) is 9.57 Å². The molecule has 19 heavy (non-hydrogen) atoms. The van der Waals surface area contributed by atoms with Crippen molar-refractivity contribution >= 4 is 16.0 Å². The van der Waals surface area contributed by atoms with Crippen molar-refractivity contribution in [3.8, 4) is 6.07 Å². The van der Waals surface area contributed by atoms with Crippen LogP contribution in [0.5, 0.6) is 0 Å². The number of sulfonamides is 1. The maximum atomic E-state index is 12.2. The monoisotopic (exact) mass is 280 g/mol. The summed E-state index contributed by atoms with van der Waals surface area (Å²) in [6, 6.07) is 7.68. The predicted octanol–water partition coefficient (Wildman–Crippen LogP) is 0.653. The maximum absolute atomic E-state index is 12.2. The number of aliphatic carboxylic acids is 1. The van der Waals surface area contributed by atoms with Crippen LogP contribution in [0.25, 0.3) is 0 Å². The first-order valence-electron chi connectivity index (χ1n) is 5.65. The molecule has 1 aliphatic rings. The van der Waals surface area contributed by atoms with E-state index in [-0.39, 0.29) is 35.9 Å². The van der Waals surface area contributed by atoms with Crippen LogP contribution in [-0.2, 0) is 14.8 Å². The highest BCUT2D eigenvalue weighted by Gasteiger charge is 2.37. The third-order valence-corrected chi connectivity index (χ3v) is 4.82. The molecule has 1 aromatic carbocycles. The fraction of sp³-hybridized carbons (Fsp3) is 0.333. The smallest absolute Gasteiger partial charge is 0.303 e. The number of carbonyl (C=O) groups is 1. The van der Waals surface area contributed by atoms with E-state index in [0.29, 0.717) is 0 Å². The SMILES string of the molecule is N#Cc1cccc(S(=O)(=O)N2CC(CC(=O)O)C2)c1. The fourth-order valence-electron chi connectivity index (χ4n) is 1.97. The summed E-state index contributed by atoms with van der Waals surface area (Å²) >= 11 is 0. The largest absolute Gasteiger partial charge is 0.481 e. The second-order valence-corrected chi connectivity index (χ2v) is 6.36. The van der Waals surface area contributed by atoms with Gasteiger partial charge in [0.1, 0.15) is 0 Å². The third-order valence-electron chi connectivity index (χ3n) is 2.99. The molecular formula is C12H12N2O4S. The standard InChI is InChI=1S/C12H12N2O4S/c13-6-9-2-1-3-11(4-9)19(17,18)14-7-10(8-14)5-12(15)16/h1-4,10H,5,7-8H2,(H,15,16). The van der Waals surface area contributed by atoms with Crippen molar-refractivity contribution in [2.45, 2.75) is 11.3 Å². The topological polar surface area (TPSA) is 98.5 Å². The van der Waals surface area contributed by atoms with Gasteiger partial charge < -0.3 is 5.11 Å². The molecule has 1 N–H and O–H groups in total. The second kappa shape index (κ2) is 4.99. The molecule has 0 saturated carbocycles. The van der Waals surface area contributed by atoms with Crippen LogP contribution in [0.15, 0.2) is 29.2 Å². The van der Waals surface area contributed by atoms with Crippen LogP contribution < -0.4 is 0 Å². The molecule has 1 aromatic rings. The van der Waals surface area contributed by atoms with Crippen molar-refractivity contribution in [2.75, 3.05) is 13.1 Å². The third kappa shape index (κ3) is 2.75. The van der Waals surface area contributed by atoms with Crippen LogP contribution in [0, 0.1) is 17.2 Å². The summed E-state index contributed by atoms with van der Waals surface area (Å²) < 4.78 is 25.6. The first-order valence-corrected chi connectivity index (χ1v) is 7.09. The zero-order chi connectivity index (χ0) is 14.0. The number of carboxylic acids is 1. The Kier molecular flexibility index (Phi) is 3.55. The van der Waals surface area contributed by atoms with Gasteiger partial charge >= 0.3 is 5.97 Å². The summed E-state index contributed by atoms with van der Waals surface area (Å²) in [6.45, 7) is 0.427. The molecule has 0 aromatic heterocycles. The number of nitrogens with zero attached hydrogens (tertiary/aromatic N) is 2. The number of hydrogen-bond donors (Lipinski definition) is 1. The number of nitriles is 1. The lowest BCUT2D eigenvalue weighted by molar-refractivity contribution is -0.139. The highest BCUT2D eigenvalue weighted by atomic mass is 32.2. The van der Waals surface area contributed by atoms with Crippen molar-refractivity contribution in [2.24, 2.45) is 5.92 Å². The lowest BCUT2D eigenvalue weighted by Gasteiger charge is -2.37. The minimum absolute atomic E-state index is 0.0236. The van der Waals surface area contributed by atoms with E-state index >= 15 is 0 Å². The van der Waals surface area contributed by atoms with Gasteiger partial charge in [0.15, 0.2) is 0 Å². The summed E-state index contributed by atoms with van der Waals surface area (Å²) in [5, 5.41) is 17.4. The normalized spacial score (nSPS) is 16.6. The van der Waals surface area contributed by atoms with E-state index < -0.39 is 16.0 Å². The van der Waals surface area contributed by atoms with Crippen LogP contribution in [0.1, 0.15) is 12.0 Å². The van der Waals surface area contributed by atoms with Gasteiger partial charge in [0.2, 0.25) is 10.0 Å². The van der Waals surface area contributed by atoms with E-state index in [2.05, 4.69) is 0 Å². The van der Waals surface area contributed by atoms with Crippen LogP contribution in [0.2, 0.25) is 0 Å². The summed E-state index contributed by atoms with van der Waals surface area (Å²) in [7, 11) is -3.61. The molecular weight excluding hydrogens is 268 g/mol. The minimum Gasteiger partial charge on any atom is -0.481 e. The Balaban J connectivity index is 2.12. The minimum atomic E-state index is -3.61. The second-order valence-electron chi connectivity index (χ2n) is 4.43. The molecule has 0 aliphatic carbocycles. The molecule has 0 bridgehead atoms. The molecule has 1 heterocycles. The van der Waals surface area contributed by atoms with E-state index in [1.165, 1.54) is 28.6 Å². The van der Waals surface area contributed by atoms with Crippen LogP contribution in [-0.4, -0.2) is 36.9 Å². The molecule has 0 unspecified atom stereocenters. The lowest BCUT2D eigenvalue weighted by atomic mass is 10.00. The Hall–Kier alpha value is -1.91. The summed E-state index contributed by atoms with van der Waals surface area (Å²) in [4.78, 5) is 10.6. The fourth-order valence-corrected chi connectivity index (χ4v) is 3.61. The van der Waals surface area contributed by atoms with Crippen LogP contribution in [0.3, 0.4) is 0 Å². The molecule has 0 atom stereocenters. The average molecular weight is 280 g/mol. The van der Waals surface area contributed by atoms with Gasteiger partial charge in [-0.1, -0.05) is 6.07 Å². The van der Waals surface area contributed by atoms with Crippen molar-refractivity contribution in [1.29, 1.82) is 5.26 Å². The van der Waals surface area contributed by atoms with Crippen LogP contribution >= 0.6 is 0 Å². The Labute approximate surface area is 110 Å². The number of benzene rings is 1. The summed E-state index contributed by atoms with van der Waals surface area (Å²) in [5.74, 6) is -1.06. The van der Waals surface area contributed by atoms with Gasteiger partial charge in [-0.05, 0) is 24.1 Å². The first kappa shape index (κ1) is 13.5. The predicted molar refractivity (Wildman–Crippen MR) is 65.7 cm³/mol. The molecule has 0 radical (unpaired) electrons. The highest BCUT2D eigenvalue weighted by Crippen LogP contribution is 2.27. The quantitative estimate of drug-likeness (QED) is 0.873. The maximum Gasteiger partial charge on any atom is 0.303 e. The lowest BCUT2D eigenvalue weighted by Crippen LogP contribution is -2.50. The van der Waals surface area contributed by atoms with E-state index in [4.69, 9.17) is 10.4 Å². The molecule has 2 rings (SSSR count). The van der Waals surface area contributed by atoms with E-state index in [1.54, 1.807) is 0 Å². The molecule has 100 valence electrons. The van der Waals surface area contributed by atoms with E-state index in [0.717, 1.165) is 0 Å². The Morgan fingerprint density at radius 1 is 1.47 bits per heavy atom. The molecule has 1 aliphatic heterocycles. The Bertz CT molecular complexity index is 642. The molecule has 7 heteroatoms.